The van der Waals surface area contributed by atoms with E-state index < -0.39 is 6.04 Å². The lowest BCUT2D eigenvalue weighted by Gasteiger charge is -2.60. The second-order valence-corrected chi connectivity index (χ2v) is 15.2. The highest BCUT2D eigenvalue weighted by molar-refractivity contribution is 6.18. The number of anilines is 1. The van der Waals surface area contributed by atoms with Crippen LogP contribution >= 0.6 is 23.2 Å². The van der Waals surface area contributed by atoms with Crippen molar-refractivity contribution in [3.63, 3.8) is 0 Å². The molecule has 0 aliphatic heterocycles. The molecule has 1 N–H and O–H groups in total. The SMILES string of the molecule is CC(=O)N[C@H](Cc1ccc(N(CCCl)CCCl)cc1)C(=O)O[C@@H]1CC[C@@H]2[C@H]3CC[C@H]4CC(=O)[C@@H](C)C[C@]4(C)[C@@H]3CC[C@@]21C. The van der Waals surface area contributed by atoms with E-state index in [2.05, 4.69) is 31.0 Å². The fraction of sp³-hybridized carbons (Fsp3) is 0.743. The largest absolute Gasteiger partial charge is 0.460 e. The van der Waals surface area contributed by atoms with Crippen LogP contribution in [0.15, 0.2) is 24.3 Å². The van der Waals surface area contributed by atoms with Gasteiger partial charge in [0, 0.05) is 61.6 Å². The highest BCUT2D eigenvalue weighted by atomic mass is 35.5. The topological polar surface area (TPSA) is 75.7 Å². The fourth-order valence-electron chi connectivity index (χ4n) is 9.86. The molecule has 9 atom stereocenters. The number of hydrogen-bond donors (Lipinski definition) is 1. The smallest absolute Gasteiger partial charge is 0.329 e. The van der Waals surface area contributed by atoms with Crippen LogP contribution in [0.2, 0.25) is 0 Å². The molecule has 4 saturated carbocycles. The Kier molecular flexibility index (Phi) is 10.1. The van der Waals surface area contributed by atoms with Crippen LogP contribution in [0.4, 0.5) is 5.69 Å². The van der Waals surface area contributed by atoms with Crippen molar-refractivity contribution in [1.29, 1.82) is 0 Å². The summed E-state index contributed by atoms with van der Waals surface area (Å²) < 4.78 is 6.35. The number of carbonyl (C=O) groups is 3. The van der Waals surface area contributed by atoms with Crippen molar-refractivity contribution in [2.24, 2.45) is 40.4 Å². The molecule has 0 spiro atoms. The maximum absolute atomic E-state index is 13.7. The minimum Gasteiger partial charge on any atom is -0.460 e. The van der Waals surface area contributed by atoms with Gasteiger partial charge in [0.1, 0.15) is 17.9 Å². The second kappa shape index (κ2) is 13.3. The predicted molar refractivity (Wildman–Crippen MR) is 173 cm³/mol. The molecule has 0 saturated heterocycles. The normalized spacial score (nSPS) is 35.7. The van der Waals surface area contributed by atoms with Gasteiger partial charge in [-0.3, -0.25) is 9.59 Å². The van der Waals surface area contributed by atoms with Gasteiger partial charge in [-0.05, 0) is 91.7 Å². The Hall–Kier alpha value is -1.79. The van der Waals surface area contributed by atoms with Gasteiger partial charge in [-0.1, -0.05) is 32.9 Å². The second-order valence-electron chi connectivity index (χ2n) is 14.5. The molecule has 4 aliphatic rings. The van der Waals surface area contributed by atoms with Crippen molar-refractivity contribution in [1.82, 2.24) is 5.32 Å². The van der Waals surface area contributed by atoms with Crippen LogP contribution in [0.5, 0.6) is 0 Å². The zero-order valence-electron chi connectivity index (χ0n) is 26.4. The lowest BCUT2D eigenvalue weighted by atomic mass is 9.44. The van der Waals surface area contributed by atoms with Crippen LogP contribution in [0.3, 0.4) is 0 Å². The molecule has 5 rings (SSSR count). The standard InChI is InChI=1S/C35H50Cl2N2O4/c1-22-21-35(4)25(20-31(22)41)7-10-27-28-11-12-32(34(28,3)14-13-29(27)35)43-33(42)30(38-23(2)40)19-24-5-8-26(9-6-24)39(17-15-36)18-16-37/h5-6,8-9,22,25,27-30,32H,7,10-21H2,1-4H3,(H,38,40)/t22-,25-,27+,28+,29+,30+,32+,34-,35-/m0/s1. The van der Waals surface area contributed by atoms with Gasteiger partial charge in [0.25, 0.3) is 0 Å². The van der Waals surface area contributed by atoms with E-state index in [1.54, 1.807) is 0 Å². The molecule has 1 aromatic carbocycles. The number of fused-ring (bicyclic) bond motifs is 5. The molecular weight excluding hydrogens is 583 g/mol. The molecule has 1 aromatic rings. The summed E-state index contributed by atoms with van der Waals surface area (Å²) in [4.78, 5) is 40.5. The first kappa shape index (κ1) is 32.6. The van der Waals surface area contributed by atoms with E-state index in [1.165, 1.54) is 13.3 Å². The number of nitrogens with one attached hydrogen (secondary N) is 1. The molecule has 4 fully saturated rings. The minimum absolute atomic E-state index is 0.0488. The molecule has 238 valence electrons. The van der Waals surface area contributed by atoms with Crippen molar-refractivity contribution in [2.45, 2.75) is 97.6 Å². The van der Waals surface area contributed by atoms with Gasteiger partial charge < -0.3 is 15.0 Å². The average Bonchev–Trinajstić information content (AvgIpc) is 3.29. The molecule has 0 heterocycles. The molecule has 4 aliphatic carbocycles. The lowest BCUT2D eigenvalue weighted by molar-refractivity contribution is -0.168. The number of ether oxygens (including phenoxy) is 1. The van der Waals surface area contributed by atoms with Gasteiger partial charge in [-0.25, -0.2) is 4.79 Å². The van der Waals surface area contributed by atoms with E-state index in [-0.39, 0.29) is 34.7 Å². The number of esters is 1. The molecule has 0 aromatic heterocycles. The summed E-state index contributed by atoms with van der Waals surface area (Å²) in [5.74, 6) is 3.40. The van der Waals surface area contributed by atoms with Crippen molar-refractivity contribution in [3.8, 4) is 0 Å². The van der Waals surface area contributed by atoms with E-state index in [9.17, 15) is 14.4 Å². The monoisotopic (exact) mass is 632 g/mol. The van der Waals surface area contributed by atoms with Crippen molar-refractivity contribution >= 4 is 46.5 Å². The first-order valence-electron chi connectivity index (χ1n) is 16.5. The van der Waals surface area contributed by atoms with E-state index in [0.717, 1.165) is 56.2 Å². The van der Waals surface area contributed by atoms with Gasteiger partial charge in [0.05, 0.1) is 0 Å². The molecule has 1 amide bonds. The van der Waals surface area contributed by atoms with Gasteiger partial charge in [-0.2, -0.15) is 0 Å². The average molecular weight is 634 g/mol. The number of carbonyl (C=O) groups excluding carboxylic acids is 3. The molecule has 43 heavy (non-hydrogen) atoms. The first-order valence-corrected chi connectivity index (χ1v) is 17.5. The summed E-state index contributed by atoms with van der Waals surface area (Å²) in [7, 11) is 0. The number of hydrogen-bond acceptors (Lipinski definition) is 5. The Labute approximate surface area is 268 Å². The van der Waals surface area contributed by atoms with Crippen LogP contribution < -0.4 is 10.2 Å². The molecule has 6 nitrogen and oxygen atoms in total. The van der Waals surface area contributed by atoms with Crippen LogP contribution in [-0.2, 0) is 25.5 Å². The van der Waals surface area contributed by atoms with Crippen LogP contribution in [0.25, 0.3) is 0 Å². The summed E-state index contributed by atoms with van der Waals surface area (Å²) >= 11 is 12.0. The Balaban J connectivity index is 1.26. The zero-order chi connectivity index (χ0) is 30.9. The van der Waals surface area contributed by atoms with E-state index in [1.807, 2.05) is 24.3 Å². The zero-order valence-corrected chi connectivity index (χ0v) is 27.9. The Bertz CT molecular complexity index is 1170. The molecular formula is C35H50Cl2N2O4. The van der Waals surface area contributed by atoms with Crippen molar-refractivity contribution in [2.75, 3.05) is 29.7 Å². The third-order valence-corrected chi connectivity index (χ3v) is 12.4. The van der Waals surface area contributed by atoms with Crippen molar-refractivity contribution in [3.05, 3.63) is 29.8 Å². The van der Waals surface area contributed by atoms with Gasteiger partial charge in [0.2, 0.25) is 5.91 Å². The number of nitrogens with zero attached hydrogens (tertiary/aromatic N) is 1. The number of ketones is 1. The summed E-state index contributed by atoms with van der Waals surface area (Å²) in [6.45, 7) is 9.81. The van der Waals surface area contributed by atoms with Crippen LogP contribution in [-0.4, -0.2) is 54.7 Å². The third kappa shape index (κ3) is 6.48. The predicted octanol–water partition coefficient (Wildman–Crippen LogP) is 6.79. The lowest BCUT2D eigenvalue weighted by Crippen LogP contribution is -2.55. The number of Topliss-reactive ketones (excluding diaryl/α,β-unsaturated/α-hetero) is 1. The number of rotatable bonds is 10. The summed E-state index contributed by atoms with van der Waals surface area (Å²) in [6.07, 6.45) is 8.50. The van der Waals surface area contributed by atoms with Gasteiger partial charge >= 0.3 is 5.97 Å². The minimum atomic E-state index is -0.736. The number of benzene rings is 1. The quantitative estimate of drug-likeness (QED) is 0.227. The Morgan fingerprint density at radius 1 is 1.00 bits per heavy atom. The highest BCUT2D eigenvalue weighted by Gasteiger charge is 2.61. The third-order valence-electron chi connectivity index (χ3n) is 12.1. The van der Waals surface area contributed by atoms with Crippen LogP contribution in [0, 0.1) is 40.4 Å². The van der Waals surface area contributed by atoms with Crippen LogP contribution in [0.1, 0.15) is 84.6 Å². The van der Waals surface area contributed by atoms with E-state index in [0.29, 0.717) is 60.7 Å². The maximum atomic E-state index is 13.7. The van der Waals surface area contributed by atoms with Crippen molar-refractivity contribution < 1.29 is 19.1 Å². The number of halogens is 2. The number of alkyl halides is 2. The Morgan fingerprint density at radius 3 is 2.33 bits per heavy atom. The highest BCUT2D eigenvalue weighted by Crippen LogP contribution is 2.66. The van der Waals surface area contributed by atoms with E-state index >= 15 is 0 Å². The maximum Gasteiger partial charge on any atom is 0.329 e. The van der Waals surface area contributed by atoms with E-state index in [4.69, 9.17) is 27.9 Å². The summed E-state index contributed by atoms with van der Waals surface area (Å²) in [5, 5.41) is 2.87. The van der Waals surface area contributed by atoms with Gasteiger partial charge in [0.15, 0.2) is 0 Å². The summed E-state index contributed by atoms with van der Waals surface area (Å²) in [5.41, 5.74) is 2.18. The fourth-order valence-corrected chi connectivity index (χ4v) is 10.3. The molecule has 8 heteroatoms. The number of amides is 1. The van der Waals surface area contributed by atoms with Gasteiger partial charge in [-0.15, -0.1) is 23.2 Å². The Morgan fingerprint density at radius 2 is 1.67 bits per heavy atom. The molecule has 0 unspecified atom stereocenters. The first-order chi connectivity index (χ1) is 20.5. The molecule has 0 bridgehead atoms. The molecule has 0 radical (unpaired) electrons. The summed E-state index contributed by atoms with van der Waals surface area (Å²) in [6, 6.07) is 7.29.